The lowest BCUT2D eigenvalue weighted by molar-refractivity contribution is -0.140. The number of pyridine rings is 1. The van der Waals surface area contributed by atoms with Crippen LogP contribution < -0.4 is 5.32 Å². The maximum Gasteiger partial charge on any atom is 0.406 e. The van der Waals surface area contributed by atoms with E-state index in [1.807, 2.05) is 18.2 Å². The zero-order valence-electron chi connectivity index (χ0n) is 22.9. The number of piperidine rings is 1. The van der Waals surface area contributed by atoms with E-state index < -0.39 is 18.1 Å². The van der Waals surface area contributed by atoms with Crippen molar-refractivity contribution in [3.05, 3.63) is 59.5 Å². The Morgan fingerprint density at radius 3 is 2.49 bits per heavy atom. The zero-order chi connectivity index (χ0) is 28.2. The summed E-state index contributed by atoms with van der Waals surface area (Å²) in [6.07, 6.45) is -0.577. The topological polar surface area (TPSA) is 60.1 Å². The van der Waals surface area contributed by atoms with Crippen molar-refractivity contribution in [2.75, 3.05) is 39.0 Å². The Morgan fingerprint density at radius 1 is 1.13 bits per heavy atom. The number of hydrogen-bond acceptors (Lipinski definition) is 5. The molecule has 0 amide bonds. The van der Waals surface area contributed by atoms with Crippen LogP contribution in [0.5, 0.6) is 0 Å². The second kappa shape index (κ2) is 11.7. The average molecular weight is 537 g/mol. The van der Waals surface area contributed by atoms with Crippen molar-refractivity contribution in [3.63, 3.8) is 0 Å². The molecule has 1 saturated heterocycles. The van der Waals surface area contributed by atoms with E-state index in [2.05, 4.69) is 52.1 Å². The molecular weight excluding hydrogens is 501 g/mol. The Balaban J connectivity index is 1.53. The molecule has 1 fully saturated rings. The fourth-order valence-electron chi connectivity index (χ4n) is 4.98. The van der Waals surface area contributed by atoms with Gasteiger partial charge < -0.3 is 14.8 Å². The fraction of sp³-hybridized carbons (Fsp3) is 0.467. The van der Waals surface area contributed by atoms with Crippen molar-refractivity contribution < 1.29 is 13.2 Å². The Hall–Kier alpha value is -3.53. The van der Waals surface area contributed by atoms with Gasteiger partial charge in [-0.15, -0.1) is 0 Å². The highest BCUT2D eigenvalue weighted by atomic mass is 19.4. The number of fused-ring (bicyclic) bond motifs is 1. The van der Waals surface area contributed by atoms with Crippen LogP contribution in [0.25, 0.3) is 10.9 Å². The molecule has 1 aromatic carbocycles. The SMILES string of the molecule is CN(C)C1CCN(Cc2cccc3c2cc(C#CCNc2ccc(C(C)(C)C#N)nc2)n3CC(F)(F)F)CC1. The minimum absolute atomic E-state index is 0.240. The Bertz CT molecular complexity index is 1380. The zero-order valence-corrected chi connectivity index (χ0v) is 22.9. The van der Waals surface area contributed by atoms with Crippen LogP contribution >= 0.6 is 0 Å². The molecule has 6 nitrogen and oxygen atoms in total. The summed E-state index contributed by atoms with van der Waals surface area (Å²) in [6.45, 7) is 5.37. The number of likely N-dealkylation sites (tertiary alicyclic amines) is 1. The van der Waals surface area contributed by atoms with Gasteiger partial charge in [0.1, 0.15) is 6.54 Å². The lowest BCUT2D eigenvalue weighted by Crippen LogP contribution is -2.41. The van der Waals surface area contributed by atoms with Crippen LogP contribution in [0.2, 0.25) is 0 Å². The lowest BCUT2D eigenvalue weighted by atomic mass is 9.91. The highest BCUT2D eigenvalue weighted by Gasteiger charge is 2.30. The van der Waals surface area contributed by atoms with Gasteiger partial charge in [-0.3, -0.25) is 9.88 Å². The first-order valence-electron chi connectivity index (χ1n) is 13.1. The van der Waals surface area contributed by atoms with E-state index in [0.717, 1.165) is 42.6 Å². The maximum absolute atomic E-state index is 13.5. The number of hydrogen-bond donors (Lipinski definition) is 1. The number of alkyl halides is 3. The first-order valence-corrected chi connectivity index (χ1v) is 13.1. The predicted molar refractivity (Wildman–Crippen MR) is 148 cm³/mol. The highest BCUT2D eigenvalue weighted by Crippen LogP contribution is 2.29. The van der Waals surface area contributed by atoms with Crippen molar-refractivity contribution >= 4 is 16.6 Å². The molecule has 39 heavy (non-hydrogen) atoms. The van der Waals surface area contributed by atoms with Gasteiger partial charge in [-0.2, -0.15) is 18.4 Å². The van der Waals surface area contributed by atoms with Crippen LogP contribution in [0.3, 0.4) is 0 Å². The largest absolute Gasteiger partial charge is 0.406 e. The summed E-state index contributed by atoms with van der Waals surface area (Å²) >= 11 is 0. The number of halogens is 3. The van der Waals surface area contributed by atoms with Gasteiger partial charge in [0.2, 0.25) is 0 Å². The molecule has 0 radical (unpaired) electrons. The Labute approximate surface area is 228 Å². The Morgan fingerprint density at radius 2 is 1.87 bits per heavy atom. The standard InChI is InChI=1S/C30H35F3N6/c1-29(2,20-34)28-11-10-23(18-36-28)35-14-6-8-25-17-26-22(19-38-15-12-24(13-16-38)37(3)4)7-5-9-27(26)39(25)21-30(31,32)33/h5,7,9-11,17-18,24,35H,12-16,19,21H2,1-4H3. The second-order valence-corrected chi connectivity index (χ2v) is 10.9. The monoisotopic (exact) mass is 536 g/mol. The van der Waals surface area contributed by atoms with Gasteiger partial charge in [0, 0.05) is 23.5 Å². The molecule has 1 N–H and O–H groups in total. The van der Waals surface area contributed by atoms with Crippen LogP contribution in [0, 0.1) is 23.2 Å². The summed E-state index contributed by atoms with van der Waals surface area (Å²) in [5.74, 6) is 5.92. The normalized spacial score (nSPS) is 15.3. The van der Waals surface area contributed by atoms with Crippen molar-refractivity contribution in [1.29, 1.82) is 5.26 Å². The molecule has 9 heteroatoms. The molecule has 2 aromatic heterocycles. The van der Waals surface area contributed by atoms with E-state index in [4.69, 9.17) is 0 Å². The highest BCUT2D eigenvalue weighted by molar-refractivity contribution is 5.86. The second-order valence-electron chi connectivity index (χ2n) is 10.9. The molecular formula is C30H35F3N6. The first kappa shape index (κ1) is 28.5. The molecule has 0 spiro atoms. The third kappa shape index (κ3) is 7.11. The molecule has 0 bridgehead atoms. The van der Waals surface area contributed by atoms with Crippen LogP contribution in [0.4, 0.5) is 18.9 Å². The van der Waals surface area contributed by atoms with E-state index in [1.165, 1.54) is 4.57 Å². The fourth-order valence-corrected chi connectivity index (χ4v) is 4.98. The number of benzene rings is 1. The van der Waals surface area contributed by atoms with E-state index in [-0.39, 0.29) is 6.54 Å². The molecule has 4 rings (SSSR count). The van der Waals surface area contributed by atoms with E-state index in [1.54, 1.807) is 38.2 Å². The summed E-state index contributed by atoms with van der Waals surface area (Å²) in [7, 11) is 4.21. The van der Waals surface area contributed by atoms with Crippen LogP contribution in [0.15, 0.2) is 42.6 Å². The van der Waals surface area contributed by atoms with Gasteiger partial charge in [-0.1, -0.05) is 18.1 Å². The smallest absolute Gasteiger partial charge is 0.373 e. The summed E-state index contributed by atoms with van der Waals surface area (Å²) in [5, 5.41) is 13.2. The molecule has 3 aromatic rings. The van der Waals surface area contributed by atoms with Crippen molar-refractivity contribution in [2.45, 2.75) is 57.4 Å². The summed E-state index contributed by atoms with van der Waals surface area (Å²) in [5.41, 5.74) is 2.60. The van der Waals surface area contributed by atoms with Crippen LogP contribution in [-0.2, 0) is 18.5 Å². The number of aromatic nitrogens is 2. The third-order valence-corrected chi connectivity index (χ3v) is 7.34. The van der Waals surface area contributed by atoms with Gasteiger partial charge in [-0.25, -0.2) is 0 Å². The number of rotatable bonds is 7. The molecule has 0 unspecified atom stereocenters. The maximum atomic E-state index is 13.5. The van der Waals surface area contributed by atoms with E-state index in [9.17, 15) is 18.4 Å². The van der Waals surface area contributed by atoms with Gasteiger partial charge >= 0.3 is 6.18 Å². The minimum atomic E-state index is -4.37. The number of nitriles is 1. The lowest BCUT2D eigenvalue weighted by Gasteiger charge is -2.35. The van der Waals surface area contributed by atoms with Crippen LogP contribution in [-0.4, -0.2) is 65.3 Å². The van der Waals surface area contributed by atoms with E-state index >= 15 is 0 Å². The van der Waals surface area contributed by atoms with Gasteiger partial charge in [0.25, 0.3) is 0 Å². The number of nitrogens with one attached hydrogen (secondary N) is 1. The molecule has 1 aliphatic rings. The Kier molecular flexibility index (Phi) is 8.54. The minimum Gasteiger partial charge on any atom is -0.373 e. The van der Waals surface area contributed by atoms with Gasteiger partial charge in [0.05, 0.1) is 41.3 Å². The summed E-state index contributed by atoms with van der Waals surface area (Å²) in [6, 6.07) is 13.7. The predicted octanol–water partition coefficient (Wildman–Crippen LogP) is 5.39. The molecule has 1 aliphatic heterocycles. The first-order chi connectivity index (χ1) is 18.5. The molecule has 0 saturated carbocycles. The van der Waals surface area contributed by atoms with Crippen molar-refractivity contribution in [1.82, 2.24) is 19.4 Å². The average Bonchev–Trinajstić information content (AvgIpc) is 3.24. The molecule has 0 atom stereocenters. The quantitative estimate of drug-likeness (QED) is 0.411. The van der Waals surface area contributed by atoms with Crippen LogP contribution in [0.1, 0.15) is 43.6 Å². The van der Waals surface area contributed by atoms with Crippen molar-refractivity contribution in [2.24, 2.45) is 0 Å². The van der Waals surface area contributed by atoms with E-state index in [0.29, 0.717) is 29.5 Å². The number of nitrogens with zero attached hydrogens (tertiary/aromatic N) is 5. The third-order valence-electron chi connectivity index (χ3n) is 7.34. The number of anilines is 1. The van der Waals surface area contributed by atoms with Crippen molar-refractivity contribution in [3.8, 4) is 17.9 Å². The van der Waals surface area contributed by atoms with Gasteiger partial charge in [-0.05, 0) is 89.6 Å². The molecule has 0 aliphatic carbocycles. The summed E-state index contributed by atoms with van der Waals surface area (Å²) < 4.78 is 41.9. The van der Waals surface area contributed by atoms with Gasteiger partial charge in [0.15, 0.2) is 0 Å². The molecule has 206 valence electrons. The summed E-state index contributed by atoms with van der Waals surface area (Å²) in [4.78, 5) is 8.98. The molecule has 3 heterocycles.